The number of carbonyl (C=O) groups excluding carboxylic acids is 2. The van der Waals surface area contributed by atoms with Gasteiger partial charge in [-0.05, 0) is 32.3 Å². The Hall–Kier alpha value is -1.84. The van der Waals surface area contributed by atoms with Crippen LogP contribution in [0.1, 0.15) is 64.0 Å². The molecule has 0 bridgehead atoms. The summed E-state index contributed by atoms with van der Waals surface area (Å²) < 4.78 is 5.03. The Bertz CT molecular complexity index is 523. The van der Waals surface area contributed by atoms with Gasteiger partial charge in [0.1, 0.15) is 0 Å². The van der Waals surface area contributed by atoms with Crippen molar-refractivity contribution in [3.8, 4) is 0 Å². The van der Waals surface area contributed by atoms with E-state index in [0.717, 1.165) is 31.2 Å². The maximum Gasteiger partial charge on any atom is 0.307 e. The average Bonchev–Trinajstić information content (AvgIpc) is 2.63. The minimum Gasteiger partial charge on any atom is -0.466 e. The van der Waals surface area contributed by atoms with Crippen molar-refractivity contribution in [3.63, 3.8) is 0 Å². The highest BCUT2D eigenvalue weighted by Gasteiger charge is 2.29. The molecular formula is C20H29NO3. The Morgan fingerprint density at radius 3 is 2.46 bits per heavy atom. The first-order valence-corrected chi connectivity index (χ1v) is 9.14. The van der Waals surface area contributed by atoms with E-state index in [1.54, 1.807) is 6.92 Å². The third-order valence-corrected chi connectivity index (χ3v) is 4.85. The van der Waals surface area contributed by atoms with Crippen LogP contribution in [0.3, 0.4) is 0 Å². The van der Waals surface area contributed by atoms with Crippen LogP contribution in [-0.4, -0.2) is 29.9 Å². The van der Waals surface area contributed by atoms with Crippen LogP contribution in [0.2, 0.25) is 0 Å². The van der Waals surface area contributed by atoms with Gasteiger partial charge in [0.2, 0.25) is 5.91 Å². The second-order valence-corrected chi connectivity index (χ2v) is 6.51. The summed E-state index contributed by atoms with van der Waals surface area (Å²) in [5.41, 5.74) is 1.10. The number of carbonyl (C=O) groups is 2. The van der Waals surface area contributed by atoms with E-state index in [4.69, 9.17) is 4.74 Å². The van der Waals surface area contributed by atoms with Crippen molar-refractivity contribution in [1.82, 2.24) is 4.90 Å². The van der Waals surface area contributed by atoms with Crippen LogP contribution in [-0.2, 0) is 14.3 Å². The van der Waals surface area contributed by atoms with Crippen molar-refractivity contribution in [1.29, 1.82) is 0 Å². The molecule has 0 spiro atoms. The SMILES string of the molecule is CCOC(=O)CCN(C(=O)C1CCCCC1)C(C)c1ccccc1. The molecule has 1 unspecified atom stereocenters. The number of amides is 1. The van der Waals surface area contributed by atoms with Crippen molar-refractivity contribution in [2.45, 2.75) is 58.4 Å². The fourth-order valence-corrected chi connectivity index (χ4v) is 3.44. The number of rotatable bonds is 7. The van der Waals surface area contributed by atoms with Crippen molar-refractivity contribution in [2.24, 2.45) is 5.92 Å². The van der Waals surface area contributed by atoms with Gasteiger partial charge in [-0.25, -0.2) is 0 Å². The summed E-state index contributed by atoms with van der Waals surface area (Å²) in [7, 11) is 0. The summed E-state index contributed by atoms with van der Waals surface area (Å²) in [6, 6.07) is 9.99. The standard InChI is InChI=1S/C20H29NO3/c1-3-24-19(22)14-15-21(16(2)17-10-6-4-7-11-17)20(23)18-12-8-5-9-13-18/h4,6-7,10-11,16,18H,3,5,8-9,12-15H2,1-2H3. The molecule has 0 saturated heterocycles. The Kier molecular flexibility index (Phi) is 7.29. The van der Waals surface area contributed by atoms with E-state index >= 15 is 0 Å². The van der Waals surface area contributed by atoms with Gasteiger partial charge < -0.3 is 9.64 Å². The van der Waals surface area contributed by atoms with Crippen LogP contribution in [0.5, 0.6) is 0 Å². The number of hydrogen-bond acceptors (Lipinski definition) is 3. The van der Waals surface area contributed by atoms with E-state index in [-0.39, 0.29) is 30.3 Å². The fraction of sp³-hybridized carbons (Fsp3) is 0.600. The molecule has 1 amide bonds. The lowest BCUT2D eigenvalue weighted by molar-refractivity contribution is -0.145. The molecule has 1 aliphatic rings. The highest BCUT2D eigenvalue weighted by atomic mass is 16.5. The van der Waals surface area contributed by atoms with Crippen molar-refractivity contribution >= 4 is 11.9 Å². The molecule has 1 atom stereocenters. The molecule has 0 aliphatic heterocycles. The third kappa shape index (κ3) is 5.08. The van der Waals surface area contributed by atoms with Gasteiger partial charge >= 0.3 is 5.97 Å². The molecule has 0 N–H and O–H groups in total. The van der Waals surface area contributed by atoms with Gasteiger partial charge in [-0.1, -0.05) is 49.6 Å². The molecule has 2 rings (SSSR count). The maximum atomic E-state index is 13.1. The Labute approximate surface area is 145 Å². The normalized spacial score (nSPS) is 16.4. The maximum absolute atomic E-state index is 13.1. The fourth-order valence-electron chi connectivity index (χ4n) is 3.44. The molecule has 0 heterocycles. The van der Waals surface area contributed by atoms with Crippen LogP contribution < -0.4 is 0 Å². The largest absolute Gasteiger partial charge is 0.466 e. The first-order chi connectivity index (χ1) is 11.6. The highest BCUT2D eigenvalue weighted by molar-refractivity contribution is 5.80. The Morgan fingerprint density at radius 1 is 1.17 bits per heavy atom. The summed E-state index contributed by atoms with van der Waals surface area (Å²) >= 11 is 0. The predicted molar refractivity (Wildman–Crippen MR) is 94.4 cm³/mol. The summed E-state index contributed by atoms with van der Waals surface area (Å²) in [6.45, 7) is 4.64. The third-order valence-electron chi connectivity index (χ3n) is 4.85. The van der Waals surface area contributed by atoms with Gasteiger partial charge in [0, 0.05) is 12.5 Å². The number of ether oxygens (including phenoxy) is 1. The van der Waals surface area contributed by atoms with Gasteiger partial charge in [-0.2, -0.15) is 0 Å². The van der Waals surface area contributed by atoms with Crippen molar-refractivity contribution < 1.29 is 14.3 Å². The van der Waals surface area contributed by atoms with Gasteiger partial charge in [-0.3, -0.25) is 9.59 Å². The molecule has 1 aromatic rings. The van der Waals surface area contributed by atoms with E-state index < -0.39 is 0 Å². The molecule has 0 radical (unpaired) electrons. The van der Waals surface area contributed by atoms with Crippen LogP contribution in [0.15, 0.2) is 30.3 Å². The lowest BCUT2D eigenvalue weighted by atomic mass is 9.87. The van der Waals surface area contributed by atoms with Gasteiger partial charge in [0.05, 0.1) is 19.1 Å². The van der Waals surface area contributed by atoms with Crippen molar-refractivity contribution in [3.05, 3.63) is 35.9 Å². The average molecular weight is 331 g/mol. The number of benzene rings is 1. The molecule has 1 aliphatic carbocycles. The van der Waals surface area contributed by atoms with Crippen molar-refractivity contribution in [2.75, 3.05) is 13.2 Å². The predicted octanol–water partition coefficient (Wildman–Crippen LogP) is 4.11. The molecule has 0 aromatic heterocycles. The second-order valence-electron chi connectivity index (χ2n) is 6.51. The molecule has 1 aromatic carbocycles. The quantitative estimate of drug-likeness (QED) is 0.706. The first-order valence-electron chi connectivity index (χ1n) is 9.14. The van der Waals surface area contributed by atoms with Crippen LogP contribution >= 0.6 is 0 Å². The summed E-state index contributed by atoms with van der Waals surface area (Å²) in [6.07, 6.45) is 5.67. The lowest BCUT2D eigenvalue weighted by Gasteiger charge is -2.34. The van der Waals surface area contributed by atoms with E-state index in [0.29, 0.717) is 13.2 Å². The number of nitrogens with zero attached hydrogens (tertiary/aromatic N) is 1. The topological polar surface area (TPSA) is 46.6 Å². The monoisotopic (exact) mass is 331 g/mol. The summed E-state index contributed by atoms with van der Waals surface area (Å²) in [5.74, 6) is 0.0571. The molecule has 4 heteroatoms. The molecule has 1 fully saturated rings. The minimum atomic E-state index is -0.237. The van der Waals surface area contributed by atoms with Crippen LogP contribution in [0, 0.1) is 5.92 Å². The first kappa shape index (κ1) is 18.5. The lowest BCUT2D eigenvalue weighted by Crippen LogP contribution is -2.40. The zero-order chi connectivity index (χ0) is 17.4. The van der Waals surface area contributed by atoms with Crippen LogP contribution in [0.25, 0.3) is 0 Å². The van der Waals surface area contributed by atoms with E-state index in [9.17, 15) is 9.59 Å². The summed E-state index contributed by atoms with van der Waals surface area (Å²) in [5, 5.41) is 0. The minimum absolute atomic E-state index is 0.0324. The molecule has 132 valence electrons. The number of hydrogen-bond donors (Lipinski definition) is 0. The Balaban J connectivity index is 2.10. The van der Waals surface area contributed by atoms with Crippen LogP contribution in [0.4, 0.5) is 0 Å². The van der Waals surface area contributed by atoms with E-state index in [2.05, 4.69) is 0 Å². The number of esters is 1. The summed E-state index contributed by atoms with van der Waals surface area (Å²) in [4.78, 5) is 26.7. The van der Waals surface area contributed by atoms with Gasteiger partial charge in [-0.15, -0.1) is 0 Å². The zero-order valence-electron chi connectivity index (χ0n) is 14.9. The van der Waals surface area contributed by atoms with E-state index in [1.165, 1.54) is 6.42 Å². The highest BCUT2D eigenvalue weighted by Crippen LogP contribution is 2.29. The smallest absolute Gasteiger partial charge is 0.307 e. The second kappa shape index (κ2) is 9.45. The van der Waals surface area contributed by atoms with Gasteiger partial charge in [0.15, 0.2) is 0 Å². The van der Waals surface area contributed by atoms with Gasteiger partial charge in [0.25, 0.3) is 0 Å². The molecular weight excluding hydrogens is 302 g/mol. The Morgan fingerprint density at radius 2 is 1.83 bits per heavy atom. The molecule has 24 heavy (non-hydrogen) atoms. The zero-order valence-corrected chi connectivity index (χ0v) is 14.9. The molecule has 4 nitrogen and oxygen atoms in total. The van der Waals surface area contributed by atoms with E-state index in [1.807, 2.05) is 42.2 Å². The molecule has 1 saturated carbocycles.